The van der Waals surface area contributed by atoms with Gasteiger partial charge in [-0.1, -0.05) is 25.7 Å². The van der Waals surface area contributed by atoms with E-state index in [1.165, 1.54) is 0 Å². The minimum atomic E-state index is 0.386. The summed E-state index contributed by atoms with van der Waals surface area (Å²) in [5, 5.41) is 5.69. The summed E-state index contributed by atoms with van der Waals surface area (Å²) in [4.78, 5) is 4.15. The van der Waals surface area contributed by atoms with Crippen LogP contribution >= 0.6 is 12.2 Å². The molecule has 0 atom stereocenters. The zero-order valence-electron chi connectivity index (χ0n) is 9.74. The molecule has 2 aromatic rings. The van der Waals surface area contributed by atoms with E-state index < -0.39 is 0 Å². The maximum Gasteiger partial charge on any atom is 0.213 e. The Bertz CT molecular complexity index is 608. The van der Waals surface area contributed by atoms with Crippen molar-refractivity contribution in [3.05, 3.63) is 34.6 Å². The van der Waals surface area contributed by atoms with Crippen molar-refractivity contribution in [2.45, 2.75) is 13.8 Å². The van der Waals surface area contributed by atoms with Gasteiger partial charge >= 0.3 is 0 Å². The lowest BCUT2D eigenvalue weighted by Crippen LogP contribution is -1.83. The van der Waals surface area contributed by atoms with E-state index in [4.69, 9.17) is 12.2 Å². The number of nitrogens with zero attached hydrogens (tertiary/aromatic N) is 1. The fraction of sp³-hybridized carbons (Fsp3) is 0.231. The average Bonchev–Trinajstić information content (AvgIpc) is 2.74. The van der Waals surface area contributed by atoms with Gasteiger partial charge in [0.15, 0.2) is 5.82 Å². The first-order chi connectivity index (χ1) is 8.15. The van der Waals surface area contributed by atoms with Crippen LogP contribution in [0.15, 0.2) is 24.3 Å². The number of hydrogen-bond acceptors (Lipinski definition) is 2. The summed E-state index contributed by atoms with van der Waals surface area (Å²) in [6, 6.07) is 7.92. The van der Waals surface area contributed by atoms with Gasteiger partial charge in [-0.05, 0) is 36.5 Å². The van der Waals surface area contributed by atoms with Gasteiger partial charge in [-0.2, -0.15) is 4.98 Å². The predicted octanol–water partition coefficient (Wildman–Crippen LogP) is 3.14. The zero-order valence-corrected chi connectivity index (χ0v) is 10.6. The first kappa shape index (κ1) is 11.6. The minimum Gasteiger partial charge on any atom is -0.282 e. The maximum absolute atomic E-state index is 4.91. The molecule has 0 aliphatic heterocycles. The Morgan fingerprint density at radius 3 is 2.41 bits per heavy atom. The quantitative estimate of drug-likeness (QED) is 0.597. The second kappa shape index (κ2) is 4.98. The van der Waals surface area contributed by atoms with Crippen LogP contribution in [0.4, 0.5) is 0 Å². The van der Waals surface area contributed by atoms with Gasteiger partial charge in [-0.25, -0.2) is 0 Å². The molecule has 0 spiro atoms. The largest absolute Gasteiger partial charge is 0.282 e. The molecule has 0 fully saturated rings. The van der Waals surface area contributed by atoms with Gasteiger partial charge in [0.2, 0.25) is 4.77 Å². The molecule has 17 heavy (non-hydrogen) atoms. The molecule has 2 N–H and O–H groups in total. The predicted molar refractivity (Wildman–Crippen MR) is 70.9 cm³/mol. The fourth-order valence-corrected chi connectivity index (χ4v) is 1.49. The number of nitrogens with one attached hydrogen (secondary N) is 2. The number of aromatic amines is 2. The molecule has 0 aliphatic carbocycles. The highest BCUT2D eigenvalue weighted by Crippen LogP contribution is 2.14. The number of benzene rings is 1. The third-order valence-electron chi connectivity index (χ3n) is 2.16. The van der Waals surface area contributed by atoms with Gasteiger partial charge in [0, 0.05) is 17.0 Å². The number of aromatic nitrogens is 3. The topological polar surface area (TPSA) is 44.5 Å². The monoisotopic (exact) mass is 243 g/mol. The second-order valence-electron chi connectivity index (χ2n) is 4.02. The molecule has 0 saturated carbocycles. The number of H-pyrrole nitrogens is 2. The number of rotatable bonds is 1. The van der Waals surface area contributed by atoms with Crippen LogP contribution in [-0.4, -0.2) is 15.2 Å². The highest BCUT2D eigenvalue weighted by atomic mass is 32.1. The van der Waals surface area contributed by atoms with Crippen molar-refractivity contribution in [2.75, 3.05) is 0 Å². The summed E-state index contributed by atoms with van der Waals surface area (Å²) in [5.41, 5.74) is 2.00. The molecule has 1 heterocycles. The van der Waals surface area contributed by atoms with Crippen molar-refractivity contribution >= 4 is 12.2 Å². The van der Waals surface area contributed by atoms with Crippen LogP contribution in [0.3, 0.4) is 0 Å². The van der Waals surface area contributed by atoms with E-state index in [0.29, 0.717) is 10.7 Å². The standard InChI is InChI=1S/C13H13N3S/c1-9(2)3-4-10-5-7-11(8-6-10)12-14-13(17)16-15-12/h5-9H,1-2H3,(H2,14,15,16,17). The SMILES string of the molecule is CC(C)C#Cc1ccc(-c2nc(=S)[nH][nH]2)cc1. The van der Waals surface area contributed by atoms with Crippen LogP contribution in [0.5, 0.6) is 0 Å². The minimum absolute atomic E-state index is 0.386. The van der Waals surface area contributed by atoms with E-state index in [-0.39, 0.29) is 0 Å². The van der Waals surface area contributed by atoms with Crippen LogP contribution in [0.25, 0.3) is 11.4 Å². The van der Waals surface area contributed by atoms with Crippen molar-refractivity contribution in [1.82, 2.24) is 15.2 Å². The van der Waals surface area contributed by atoms with E-state index in [2.05, 4.69) is 40.9 Å². The van der Waals surface area contributed by atoms with Gasteiger partial charge in [0.05, 0.1) is 0 Å². The molecule has 1 aromatic heterocycles. The van der Waals surface area contributed by atoms with Crippen molar-refractivity contribution in [1.29, 1.82) is 0 Å². The molecule has 0 unspecified atom stereocenters. The fourth-order valence-electron chi connectivity index (χ4n) is 1.35. The molecule has 0 aliphatic rings. The lowest BCUT2D eigenvalue weighted by Gasteiger charge is -1.96. The molecule has 1 aromatic carbocycles. The highest BCUT2D eigenvalue weighted by molar-refractivity contribution is 7.71. The van der Waals surface area contributed by atoms with Crippen LogP contribution in [0.2, 0.25) is 0 Å². The maximum atomic E-state index is 4.91. The molecule has 2 rings (SSSR count). The Balaban J connectivity index is 2.25. The summed E-state index contributed by atoms with van der Waals surface area (Å²) < 4.78 is 0.462. The molecule has 4 heteroatoms. The summed E-state index contributed by atoms with van der Waals surface area (Å²) in [6.45, 7) is 4.15. The normalized spacial score (nSPS) is 10.1. The smallest absolute Gasteiger partial charge is 0.213 e. The first-order valence-corrected chi connectivity index (χ1v) is 5.82. The summed E-state index contributed by atoms with van der Waals surface area (Å²) in [7, 11) is 0. The lowest BCUT2D eigenvalue weighted by atomic mass is 10.1. The molecular weight excluding hydrogens is 230 g/mol. The third kappa shape index (κ3) is 3.05. The van der Waals surface area contributed by atoms with E-state index in [1.807, 2.05) is 24.3 Å². The van der Waals surface area contributed by atoms with Crippen molar-refractivity contribution < 1.29 is 0 Å². The van der Waals surface area contributed by atoms with Gasteiger partial charge in [0.25, 0.3) is 0 Å². The number of hydrogen-bond donors (Lipinski definition) is 2. The average molecular weight is 243 g/mol. The van der Waals surface area contributed by atoms with E-state index >= 15 is 0 Å². The molecule has 86 valence electrons. The Morgan fingerprint density at radius 2 is 1.88 bits per heavy atom. The van der Waals surface area contributed by atoms with Crippen LogP contribution in [-0.2, 0) is 0 Å². The Labute approximate surface area is 105 Å². The molecule has 0 amide bonds. The van der Waals surface area contributed by atoms with E-state index in [9.17, 15) is 0 Å². The van der Waals surface area contributed by atoms with E-state index in [1.54, 1.807) is 0 Å². The molecule has 0 bridgehead atoms. The molecule has 0 radical (unpaired) electrons. The van der Waals surface area contributed by atoms with Gasteiger partial charge < -0.3 is 0 Å². The van der Waals surface area contributed by atoms with Crippen molar-refractivity contribution in [3.8, 4) is 23.2 Å². The van der Waals surface area contributed by atoms with Gasteiger partial charge in [0.1, 0.15) is 0 Å². The van der Waals surface area contributed by atoms with Crippen LogP contribution in [0, 0.1) is 22.5 Å². The zero-order chi connectivity index (χ0) is 12.3. The Kier molecular flexibility index (Phi) is 3.40. The summed E-state index contributed by atoms with van der Waals surface area (Å²) >= 11 is 4.91. The molecule has 0 saturated heterocycles. The highest BCUT2D eigenvalue weighted by Gasteiger charge is 1.99. The lowest BCUT2D eigenvalue weighted by molar-refractivity contribution is 0.866. The second-order valence-corrected chi connectivity index (χ2v) is 4.40. The van der Waals surface area contributed by atoms with Crippen LogP contribution in [0.1, 0.15) is 19.4 Å². The van der Waals surface area contributed by atoms with Gasteiger partial charge in [-0.15, -0.1) is 0 Å². The van der Waals surface area contributed by atoms with Crippen LogP contribution < -0.4 is 0 Å². The van der Waals surface area contributed by atoms with Gasteiger partial charge in [-0.3, -0.25) is 10.2 Å². The summed E-state index contributed by atoms with van der Waals surface area (Å²) in [6.07, 6.45) is 0. The van der Waals surface area contributed by atoms with Crippen molar-refractivity contribution in [2.24, 2.45) is 5.92 Å². The molecule has 3 nitrogen and oxygen atoms in total. The van der Waals surface area contributed by atoms with Crippen molar-refractivity contribution in [3.63, 3.8) is 0 Å². The van der Waals surface area contributed by atoms with E-state index in [0.717, 1.165) is 17.0 Å². The first-order valence-electron chi connectivity index (χ1n) is 5.42. The molecular formula is C13H13N3S. The summed E-state index contributed by atoms with van der Waals surface area (Å²) in [5.74, 6) is 7.38. The Hall–Kier alpha value is -1.86. The Morgan fingerprint density at radius 1 is 1.18 bits per heavy atom. The third-order valence-corrected chi connectivity index (χ3v) is 2.36.